The van der Waals surface area contributed by atoms with E-state index in [0.717, 1.165) is 22.7 Å². The van der Waals surface area contributed by atoms with Gasteiger partial charge >= 0.3 is 0 Å². The normalized spacial score (nSPS) is 18.8. The Morgan fingerprint density at radius 2 is 2.31 bits per heavy atom. The molecule has 0 saturated carbocycles. The molecule has 3 heteroatoms. The average Bonchev–Trinajstić information content (AvgIpc) is 2.71. The third-order valence-electron chi connectivity index (χ3n) is 2.51. The van der Waals surface area contributed by atoms with Crippen molar-refractivity contribution in [2.24, 2.45) is 0 Å². The standard InChI is InChI=1S/C8H10BrN.C5H11N/c1-2-10-8-5-3-4-7(9)6-8;1-5-3-2-4-6-5/h3-6,10H,2H2,1H3;5-6H,2-4H2,1H3. The number of rotatable bonds is 2. The van der Waals surface area contributed by atoms with Crippen LogP contribution in [0.1, 0.15) is 26.7 Å². The first-order valence-electron chi connectivity index (χ1n) is 5.95. The van der Waals surface area contributed by atoms with Crippen LogP contribution < -0.4 is 10.6 Å². The Morgan fingerprint density at radius 3 is 2.75 bits per heavy atom. The van der Waals surface area contributed by atoms with E-state index < -0.39 is 0 Å². The van der Waals surface area contributed by atoms with Crippen molar-refractivity contribution in [3.8, 4) is 0 Å². The molecule has 1 unspecified atom stereocenters. The predicted molar refractivity (Wildman–Crippen MR) is 75.0 cm³/mol. The largest absolute Gasteiger partial charge is 0.385 e. The summed E-state index contributed by atoms with van der Waals surface area (Å²) in [6.45, 7) is 6.52. The summed E-state index contributed by atoms with van der Waals surface area (Å²) in [6.07, 6.45) is 2.75. The first kappa shape index (κ1) is 13.5. The molecule has 0 aliphatic carbocycles. The fourth-order valence-electron chi connectivity index (χ4n) is 1.66. The lowest BCUT2D eigenvalue weighted by atomic mass is 10.3. The molecule has 90 valence electrons. The van der Waals surface area contributed by atoms with E-state index >= 15 is 0 Å². The van der Waals surface area contributed by atoms with Gasteiger partial charge in [0.2, 0.25) is 0 Å². The average molecular weight is 285 g/mol. The number of halogens is 1. The van der Waals surface area contributed by atoms with Crippen LogP contribution in [0.4, 0.5) is 5.69 Å². The second-order valence-corrected chi connectivity index (χ2v) is 4.95. The zero-order valence-electron chi connectivity index (χ0n) is 10.1. The van der Waals surface area contributed by atoms with Gasteiger partial charge in [-0.25, -0.2) is 0 Å². The Labute approximate surface area is 107 Å². The molecule has 0 radical (unpaired) electrons. The van der Waals surface area contributed by atoms with Gasteiger partial charge in [0.05, 0.1) is 0 Å². The van der Waals surface area contributed by atoms with Gasteiger partial charge in [-0.2, -0.15) is 0 Å². The molecule has 1 fully saturated rings. The molecule has 2 N–H and O–H groups in total. The monoisotopic (exact) mass is 284 g/mol. The Balaban J connectivity index is 0.000000181. The van der Waals surface area contributed by atoms with E-state index in [-0.39, 0.29) is 0 Å². The van der Waals surface area contributed by atoms with Gasteiger partial charge in [-0.05, 0) is 51.4 Å². The SMILES string of the molecule is CC1CCCN1.CCNc1cccc(Br)c1. The van der Waals surface area contributed by atoms with Gasteiger partial charge in [0.25, 0.3) is 0 Å². The molecule has 0 aromatic heterocycles. The molecule has 1 heterocycles. The summed E-state index contributed by atoms with van der Waals surface area (Å²) in [6, 6.07) is 8.94. The van der Waals surface area contributed by atoms with Gasteiger partial charge in [0.1, 0.15) is 0 Å². The highest BCUT2D eigenvalue weighted by atomic mass is 79.9. The number of nitrogens with one attached hydrogen (secondary N) is 2. The maximum absolute atomic E-state index is 3.39. The Kier molecular flexibility index (Phi) is 6.50. The van der Waals surface area contributed by atoms with Crippen molar-refractivity contribution in [1.82, 2.24) is 5.32 Å². The van der Waals surface area contributed by atoms with Gasteiger partial charge in [-0.3, -0.25) is 0 Å². The molecule has 1 atom stereocenters. The van der Waals surface area contributed by atoms with Crippen LogP contribution in [0.3, 0.4) is 0 Å². The minimum absolute atomic E-state index is 0.796. The third-order valence-corrected chi connectivity index (χ3v) is 3.01. The Bertz CT molecular complexity index is 296. The van der Waals surface area contributed by atoms with Crippen LogP contribution in [0.15, 0.2) is 28.7 Å². The number of benzene rings is 1. The highest BCUT2D eigenvalue weighted by molar-refractivity contribution is 9.10. The summed E-state index contributed by atoms with van der Waals surface area (Å²) >= 11 is 3.39. The summed E-state index contributed by atoms with van der Waals surface area (Å²) in [4.78, 5) is 0. The third kappa shape index (κ3) is 5.52. The molecule has 1 saturated heterocycles. The highest BCUT2D eigenvalue weighted by Crippen LogP contribution is 2.14. The summed E-state index contributed by atoms with van der Waals surface area (Å²) in [5.41, 5.74) is 1.16. The van der Waals surface area contributed by atoms with Crippen molar-refractivity contribution in [1.29, 1.82) is 0 Å². The number of anilines is 1. The number of hydrogen-bond donors (Lipinski definition) is 2. The van der Waals surface area contributed by atoms with E-state index in [0.29, 0.717) is 0 Å². The second-order valence-electron chi connectivity index (χ2n) is 4.04. The minimum Gasteiger partial charge on any atom is -0.385 e. The molecule has 1 aromatic rings. The van der Waals surface area contributed by atoms with E-state index in [9.17, 15) is 0 Å². The van der Waals surface area contributed by atoms with Crippen LogP contribution in [-0.2, 0) is 0 Å². The molecule has 1 aliphatic rings. The lowest BCUT2D eigenvalue weighted by Crippen LogP contribution is -2.16. The number of hydrogen-bond acceptors (Lipinski definition) is 2. The van der Waals surface area contributed by atoms with Gasteiger partial charge in [0, 0.05) is 22.7 Å². The smallest absolute Gasteiger partial charge is 0.0351 e. The fraction of sp³-hybridized carbons (Fsp3) is 0.538. The summed E-state index contributed by atoms with van der Waals surface area (Å²) < 4.78 is 1.12. The van der Waals surface area contributed by atoms with Crippen LogP contribution in [-0.4, -0.2) is 19.1 Å². The van der Waals surface area contributed by atoms with Crippen molar-refractivity contribution >= 4 is 21.6 Å². The molecule has 1 aliphatic heterocycles. The van der Waals surface area contributed by atoms with E-state index in [1.807, 2.05) is 18.2 Å². The topological polar surface area (TPSA) is 24.1 Å². The van der Waals surface area contributed by atoms with Crippen molar-refractivity contribution in [2.45, 2.75) is 32.7 Å². The lowest BCUT2D eigenvalue weighted by molar-refractivity contribution is 0.664. The maximum Gasteiger partial charge on any atom is 0.0351 e. The molecule has 0 amide bonds. The lowest BCUT2D eigenvalue weighted by Gasteiger charge is -2.01. The molecule has 0 bridgehead atoms. The zero-order valence-corrected chi connectivity index (χ0v) is 11.7. The van der Waals surface area contributed by atoms with E-state index in [1.54, 1.807) is 0 Å². The molecule has 2 rings (SSSR count). The predicted octanol–water partition coefficient (Wildman–Crippen LogP) is 3.64. The van der Waals surface area contributed by atoms with Gasteiger partial charge in [0.15, 0.2) is 0 Å². The van der Waals surface area contributed by atoms with E-state index in [1.165, 1.54) is 19.4 Å². The van der Waals surface area contributed by atoms with Crippen LogP contribution >= 0.6 is 15.9 Å². The summed E-state index contributed by atoms with van der Waals surface area (Å²) in [5, 5.41) is 6.54. The van der Waals surface area contributed by atoms with Crippen molar-refractivity contribution in [2.75, 3.05) is 18.4 Å². The van der Waals surface area contributed by atoms with Crippen molar-refractivity contribution in [3.05, 3.63) is 28.7 Å². The molecular formula is C13H21BrN2. The molecule has 0 spiro atoms. The molecule has 16 heavy (non-hydrogen) atoms. The quantitative estimate of drug-likeness (QED) is 0.867. The minimum atomic E-state index is 0.796. The highest BCUT2D eigenvalue weighted by Gasteiger charge is 2.05. The summed E-state index contributed by atoms with van der Waals surface area (Å²) in [5.74, 6) is 0. The van der Waals surface area contributed by atoms with Crippen molar-refractivity contribution < 1.29 is 0 Å². The first-order valence-corrected chi connectivity index (χ1v) is 6.74. The summed E-state index contributed by atoms with van der Waals surface area (Å²) in [7, 11) is 0. The fourth-order valence-corrected chi connectivity index (χ4v) is 2.06. The Hall–Kier alpha value is -0.540. The second kappa shape index (κ2) is 7.69. The van der Waals surface area contributed by atoms with Gasteiger partial charge in [-0.1, -0.05) is 22.0 Å². The van der Waals surface area contributed by atoms with Gasteiger partial charge < -0.3 is 10.6 Å². The van der Waals surface area contributed by atoms with E-state index in [4.69, 9.17) is 0 Å². The molecular weight excluding hydrogens is 264 g/mol. The van der Waals surface area contributed by atoms with Crippen LogP contribution in [0, 0.1) is 0 Å². The maximum atomic E-state index is 3.39. The van der Waals surface area contributed by atoms with Crippen molar-refractivity contribution in [3.63, 3.8) is 0 Å². The van der Waals surface area contributed by atoms with E-state index in [2.05, 4.69) is 46.5 Å². The van der Waals surface area contributed by atoms with Crippen LogP contribution in [0.5, 0.6) is 0 Å². The Morgan fingerprint density at radius 1 is 1.50 bits per heavy atom. The van der Waals surface area contributed by atoms with Gasteiger partial charge in [-0.15, -0.1) is 0 Å². The zero-order chi connectivity index (χ0) is 11.8. The molecule has 1 aromatic carbocycles. The van der Waals surface area contributed by atoms with Crippen LogP contribution in [0.25, 0.3) is 0 Å². The van der Waals surface area contributed by atoms with Crippen LogP contribution in [0.2, 0.25) is 0 Å². The first-order chi connectivity index (χ1) is 7.72. The molecule has 2 nitrogen and oxygen atoms in total.